The van der Waals surface area contributed by atoms with Crippen LogP contribution in [0, 0.1) is 0 Å². The number of thioether (sulfide) groups is 1. The molecule has 0 rings (SSSR count). The van der Waals surface area contributed by atoms with Gasteiger partial charge in [-0.05, 0) is 0 Å². The summed E-state index contributed by atoms with van der Waals surface area (Å²) in [5.41, 5.74) is 0. The van der Waals surface area contributed by atoms with Crippen LogP contribution in [-0.2, 0) is 18.4 Å². The monoisotopic (exact) mass is 324 g/mol. The number of aliphatic carboxylic acids is 1. The molecule has 0 amide bonds. The predicted molar refractivity (Wildman–Crippen MR) is 70.8 cm³/mol. The summed E-state index contributed by atoms with van der Waals surface area (Å²) < 4.78 is 22.2. The minimum Gasteiger partial charge on any atom is -0.481 e. The van der Waals surface area contributed by atoms with Crippen LogP contribution >= 0.6 is 42.6 Å². The first-order valence-electron chi connectivity index (χ1n) is 4.83. The van der Waals surface area contributed by atoms with E-state index < -0.39 is 13.6 Å². The highest BCUT2D eigenvalue weighted by Crippen LogP contribution is 2.48. The van der Waals surface area contributed by atoms with Crippen molar-refractivity contribution in [2.45, 2.75) is 0 Å². The third-order valence-electron chi connectivity index (χ3n) is 1.47. The second kappa shape index (κ2) is 10.5. The van der Waals surface area contributed by atoms with Crippen molar-refractivity contribution in [1.29, 1.82) is 0 Å². The Kier molecular flexibility index (Phi) is 10.8. The van der Waals surface area contributed by atoms with Gasteiger partial charge in [-0.3, -0.25) is 9.36 Å². The first kappa shape index (κ1) is 17.6. The van der Waals surface area contributed by atoms with Crippen LogP contribution in [0.1, 0.15) is 0 Å². The smallest absolute Gasteiger partial charge is 0.331 e. The fourth-order valence-electron chi connectivity index (χ4n) is 0.849. The van der Waals surface area contributed by atoms with Crippen LogP contribution in [-0.4, -0.2) is 53.7 Å². The zero-order valence-electron chi connectivity index (χ0n) is 9.14. The number of hydrogen-bond acceptors (Lipinski definition) is 5. The highest BCUT2D eigenvalue weighted by Gasteiger charge is 2.23. The first-order valence-corrected chi connectivity index (χ1v) is 8.79. The van der Waals surface area contributed by atoms with Crippen LogP contribution in [0.5, 0.6) is 0 Å². The topological polar surface area (TPSA) is 72.8 Å². The molecule has 0 aromatic heterocycles. The largest absolute Gasteiger partial charge is 0.481 e. The van der Waals surface area contributed by atoms with E-state index in [2.05, 4.69) is 0 Å². The Hall–Kier alpha value is 0.550. The molecule has 1 N–H and O–H groups in total. The molecule has 0 spiro atoms. The van der Waals surface area contributed by atoms with Crippen LogP contribution in [0.4, 0.5) is 0 Å². The highest BCUT2D eigenvalue weighted by atomic mass is 35.5. The molecule has 0 bridgehead atoms. The lowest BCUT2D eigenvalue weighted by atomic mass is 10.8. The van der Waals surface area contributed by atoms with Crippen LogP contribution < -0.4 is 0 Å². The van der Waals surface area contributed by atoms with Crippen molar-refractivity contribution in [1.82, 2.24) is 0 Å². The minimum atomic E-state index is -3.19. The van der Waals surface area contributed by atoms with Crippen LogP contribution in [0.25, 0.3) is 0 Å². The van der Waals surface area contributed by atoms with Gasteiger partial charge >= 0.3 is 13.6 Å². The standard InChI is InChI=1S/C8H15Cl2O5PS/c9-1-3-14-16(13,15-4-2-10)5-6-17-7-8(11)12/h1-7H2,(H,11,12). The Morgan fingerprint density at radius 2 is 1.76 bits per heavy atom. The number of carboxylic acids is 1. The highest BCUT2D eigenvalue weighted by molar-refractivity contribution is 8.00. The Morgan fingerprint density at radius 3 is 2.18 bits per heavy atom. The molecule has 0 aromatic rings. The number of rotatable bonds is 11. The van der Waals surface area contributed by atoms with E-state index in [-0.39, 0.29) is 36.9 Å². The van der Waals surface area contributed by atoms with E-state index in [1.54, 1.807) is 0 Å². The van der Waals surface area contributed by atoms with Gasteiger partial charge in [-0.15, -0.1) is 35.0 Å². The van der Waals surface area contributed by atoms with Gasteiger partial charge in [0.1, 0.15) is 0 Å². The van der Waals surface area contributed by atoms with E-state index in [0.29, 0.717) is 5.75 Å². The van der Waals surface area contributed by atoms with Gasteiger partial charge in [0.15, 0.2) is 0 Å². The molecule has 0 radical (unpaired) electrons. The molecule has 17 heavy (non-hydrogen) atoms. The molecule has 0 aliphatic carbocycles. The predicted octanol–water partition coefficient (Wildman–Crippen LogP) is 2.51. The summed E-state index contributed by atoms with van der Waals surface area (Å²) in [7, 11) is -3.19. The summed E-state index contributed by atoms with van der Waals surface area (Å²) in [6, 6.07) is 0. The van der Waals surface area contributed by atoms with Crippen molar-refractivity contribution in [2.24, 2.45) is 0 Å². The number of halogens is 2. The summed E-state index contributed by atoms with van der Waals surface area (Å²) in [5.74, 6) is -0.125. The molecule has 5 nitrogen and oxygen atoms in total. The van der Waals surface area contributed by atoms with Gasteiger partial charge in [0, 0.05) is 17.5 Å². The Labute approximate surface area is 115 Å². The number of hydrogen-bond donors (Lipinski definition) is 1. The van der Waals surface area contributed by atoms with E-state index in [1.807, 2.05) is 0 Å². The molecule has 0 atom stereocenters. The number of alkyl halides is 2. The maximum absolute atomic E-state index is 12.1. The Bertz CT molecular complexity index is 254. The Balaban J connectivity index is 3.99. The molecule has 0 saturated carbocycles. The van der Waals surface area contributed by atoms with Gasteiger partial charge in [-0.1, -0.05) is 0 Å². The molecule has 0 aromatic carbocycles. The normalized spacial score (nSPS) is 11.6. The third kappa shape index (κ3) is 10.2. The molecule has 102 valence electrons. The summed E-state index contributed by atoms with van der Waals surface area (Å²) in [6.45, 7) is 0.259. The van der Waals surface area contributed by atoms with Crippen LogP contribution in [0.2, 0.25) is 0 Å². The molecular formula is C8H15Cl2O5PS. The maximum Gasteiger partial charge on any atom is 0.331 e. The quantitative estimate of drug-likeness (QED) is 0.357. The Morgan fingerprint density at radius 1 is 1.24 bits per heavy atom. The average molecular weight is 325 g/mol. The lowest BCUT2D eigenvalue weighted by Crippen LogP contribution is -2.07. The molecule has 0 fully saturated rings. The number of carbonyl (C=O) groups is 1. The average Bonchev–Trinajstić information content (AvgIpc) is 2.30. The fraction of sp³-hybridized carbons (Fsp3) is 0.875. The van der Waals surface area contributed by atoms with Gasteiger partial charge in [0.25, 0.3) is 0 Å². The molecule has 0 aliphatic rings. The lowest BCUT2D eigenvalue weighted by Gasteiger charge is -2.17. The molecule has 0 unspecified atom stereocenters. The van der Waals surface area contributed by atoms with Crippen molar-refractivity contribution in [2.75, 3.05) is 42.6 Å². The van der Waals surface area contributed by atoms with Gasteiger partial charge in [0.05, 0.1) is 25.1 Å². The summed E-state index contributed by atoms with van der Waals surface area (Å²) in [5, 5.41) is 8.44. The lowest BCUT2D eigenvalue weighted by molar-refractivity contribution is -0.133. The van der Waals surface area contributed by atoms with Crippen LogP contribution in [0.3, 0.4) is 0 Å². The van der Waals surface area contributed by atoms with Gasteiger partial charge in [0.2, 0.25) is 0 Å². The summed E-state index contributed by atoms with van der Waals surface area (Å²) >= 11 is 12.0. The van der Waals surface area contributed by atoms with Gasteiger partial charge in [-0.25, -0.2) is 0 Å². The molecule has 0 heterocycles. The summed E-state index contributed by atoms with van der Waals surface area (Å²) in [6.07, 6.45) is 0.152. The van der Waals surface area contributed by atoms with E-state index >= 15 is 0 Å². The molecular weight excluding hydrogens is 310 g/mol. The molecule has 0 aliphatic heterocycles. The minimum absolute atomic E-state index is 0.0367. The fourth-order valence-corrected chi connectivity index (χ4v) is 4.02. The van der Waals surface area contributed by atoms with Crippen molar-refractivity contribution in [3.63, 3.8) is 0 Å². The van der Waals surface area contributed by atoms with Crippen molar-refractivity contribution < 1.29 is 23.5 Å². The summed E-state index contributed by atoms with van der Waals surface area (Å²) in [4.78, 5) is 10.3. The zero-order chi connectivity index (χ0) is 13.1. The zero-order valence-corrected chi connectivity index (χ0v) is 12.4. The maximum atomic E-state index is 12.1. The third-order valence-corrected chi connectivity index (χ3v) is 4.94. The number of carboxylic acid groups (broad SMARTS) is 1. The van der Waals surface area contributed by atoms with Crippen molar-refractivity contribution >= 4 is 48.5 Å². The second-order valence-corrected chi connectivity index (χ2v) is 6.87. The molecule has 0 saturated heterocycles. The second-order valence-electron chi connectivity index (χ2n) is 2.83. The van der Waals surface area contributed by atoms with Gasteiger partial charge in [-0.2, -0.15) is 0 Å². The van der Waals surface area contributed by atoms with Crippen LogP contribution in [0.15, 0.2) is 0 Å². The van der Waals surface area contributed by atoms with Crippen molar-refractivity contribution in [3.8, 4) is 0 Å². The van der Waals surface area contributed by atoms with E-state index in [4.69, 9.17) is 37.4 Å². The van der Waals surface area contributed by atoms with Crippen molar-refractivity contribution in [3.05, 3.63) is 0 Å². The first-order chi connectivity index (χ1) is 8.04. The molecule has 9 heteroatoms. The van der Waals surface area contributed by atoms with E-state index in [1.165, 1.54) is 0 Å². The van der Waals surface area contributed by atoms with E-state index in [0.717, 1.165) is 11.8 Å². The SMILES string of the molecule is O=C(O)CSCCP(=O)(OCCCl)OCCCl. The van der Waals surface area contributed by atoms with Gasteiger partial charge < -0.3 is 14.2 Å². The van der Waals surface area contributed by atoms with E-state index in [9.17, 15) is 9.36 Å².